The van der Waals surface area contributed by atoms with Gasteiger partial charge in [0.05, 0.1) is 12.1 Å². The van der Waals surface area contributed by atoms with Gasteiger partial charge < -0.3 is 14.4 Å². The van der Waals surface area contributed by atoms with Gasteiger partial charge in [-0.1, -0.05) is 6.07 Å². The zero-order valence-electron chi connectivity index (χ0n) is 12.5. The first-order chi connectivity index (χ1) is 9.85. The summed E-state index contributed by atoms with van der Waals surface area (Å²) < 4.78 is 7.43. The van der Waals surface area contributed by atoms with Crippen LogP contribution in [0.1, 0.15) is 26.6 Å². The van der Waals surface area contributed by atoms with E-state index in [9.17, 15) is 9.90 Å². The summed E-state index contributed by atoms with van der Waals surface area (Å²) in [5, 5.41) is 9.87. The third-order valence-corrected chi connectivity index (χ3v) is 3.41. The molecule has 1 aromatic heterocycles. The molecule has 1 aromatic carbocycles. The molecule has 3 rings (SSSR count). The number of amides is 1. The van der Waals surface area contributed by atoms with Gasteiger partial charge in [-0.15, -0.1) is 0 Å². The maximum Gasteiger partial charge on any atom is 0.410 e. The first kappa shape index (κ1) is 13.7. The van der Waals surface area contributed by atoms with E-state index in [2.05, 4.69) is 4.98 Å². The zero-order chi connectivity index (χ0) is 15.2. The van der Waals surface area contributed by atoms with Gasteiger partial charge in [0.15, 0.2) is 0 Å². The van der Waals surface area contributed by atoms with E-state index < -0.39 is 5.60 Å². The van der Waals surface area contributed by atoms with E-state index in [1.54, 1.807) is 17.0 Å². The van der Waals surface area contributed by atoms with Crippen LogP contribution >= 0.6 is 0 Å². The predicted molar refractivity (Wildman–Crippen MR) is 78.0 cm³/mol. The number of hydrogen-bond donors (Lipinski definition) is 1. The Balaban J connectivity index is 1.88. The van der Waals surface area contributed by atoms with Gasteiger partial charge in [0, 0.05) is 13.1 Å². The number of carbonyl (C=O) groups excluding carboxylic acids is 1. The lowest BCUT2D eigenvalue weighted by molar-refractivity contribution is 0.0197. The average molecular weight is 289 g/mol. The molecule has 0 atom stereocenters. The van der Waals surface area contributed by atoms with Crippen molar-refractivity contribution < 1.29 is 14.6 Å². The number of rotatable bonds is 0. The normalized spacial score (nSPS) is 15.1. The molecule has 2 heterocycles. The number of hydrogen-bond acceptors (Lipinski definition) is 4. The quantitative estimate of drug-likeness (QED) is 0.809. The summed E-state index contributed by atoms with van der Waals surface area (Å²) in [6.07, 6.45) is -0.329. The SMILES string of the molecule is CC(C)(C)OC(=O)N1CCn2c(nc3c(O)cccc32)C1. The molecule has 0 spiro atoms. The minimum absolute atomic E-state index is 0.165. The predicted octanol–water partition coefficient (Wildman–Crippen LogP) is 2.49. The molecule has 0 radical (unpaired) electrons. The summed E-state index contributed by atoms with van der Waals surface area (Å²) in [5.74, 6) is 0.932. The van der Waals surface area contributed by atoms with Crippen LogP contribution < -0.4 is 0 Å². The van der Waals surface area contributed by atoms with Gasteiger partial charge in [-0.05, 0) is 32.9 Å². The third kappa shape index (κ3) is 2.53. The van der Waals surface area contributed by atoms with Crippen molar-refractivity contribution in [3.05, 3.63) is 24.0 Å². The molecule has 0 aliphatic carbocycles. The molecule has 0 saturated heterocycles. The Kier molecular flexibility index (Phi) is 3.04. The van der Waals surface area contributed by atoms with Crippen molar-refractivity contribution in [2.75, 3.05) is 6.54 Å². The fourth-order valence-electron chi connectivity index (χ4n) is 2.50. The van der Waals surface area contributed by atoms with E-state index in [1.807, 2.05) is 31.4 Å². The van der Waals surface area contributed by atoms with Crippen LogP contribution in [0.5, 0.6) is 5.75 Å². The number of phenolic OH excluding ortho intramolecular Hbond substituents is 1. The van der Waals surface area contributed by atoms with Gasteiger partial charge in [-0.3, -0.25) is 4.90 Å². The van der Waals surface area contributed by atoms with E-state index in [0.717, 1.165) is 11.3 Å². The molecule has 0 bridgehead atoms. The lowest BCUT2D eigenvalue weighted by Crippen LogP contribution is -2.41. The molecule has 2 aromatic rings. The highest BCUT2D eigenvalue weighted by molar-refractivity contribution is 5.82. The Morgan fingerprint density at radius 3 is 2.81 bits per heavy atom. The zero-order valence-corrected chi connectivity index (χ0v) is 12.5. The van der Waals surface area contributed by atoms with Crippen LogP contribution in [0.3, 0.4) is 0 Å². The largest absolute Gasteiger partial charge is 0.506 e. The van der Waals surface area contributed by atoms with Crippen LogP contribution in [-0.2, 0) is 17.8 Å². The fourth-order valence-corrected chi connectivity index (χ4v) is 2.50. The second-order valence-electron chi connectivity index (χ2n) is 6.23. The number of fused-ring (bicyclic) bond motifs is 3. The summed E-state index contributed by atoms with van der Waals surface area (Å²) in [4.78, 5) is 18.2. The number of aromatic hydroxyl groups is 1. The lowest BCUT2D eigenvalue weighted by Gasteiger charge is -2.30. The maximum atomic E-state index is 12.1. The van der Waals surface area contributed by atoms with Crippen molar-refractivity contribution in [3.63, 3.8) is 0 Å². The molecule has 1 aliphatic rings. The molecule has 6 nitrogen and oxygen atoms in total. The first-order valence-corrected chi connectivity index (χ1v) is 7.00. The summed E-state index contributed by atoms with van der Waals surface area (Å²) in [5.41, 5.74) is 0.972. The fraction of sp³-hybridized carbons (Fsp3) is 0.467. The highest BCUT2D eigenvalue weighted by Crippen LogP contribution is 2.27. The standard InChI is InChI=1S/C15H19N3O3/c1-15(2,3)21-14(20)17-7-8-18-10-5-4-6-11(19)13(10)16-12(18)9-17/h4-6,19H,7-9H2,1-3H3. The topological polar surface area (TPSA) is 67.6 Å². The Hall–Kier alpha value is -2.24. The molecule has 1 amide bonds. The summed E-state index contributed by atoms with van der Waals surface area (Å²) in [7, 11) is 0. The number of para-hydroxylation sites is 1. The van der Waals surface area contributed by atoms with Gasteiger partial charge in [0.25, 0.3) is 0 Å². The third-order valence-electron chi connectivity index (χ3n) is 3.41. The smallest absolute Gasteiger partial charge is 0.410 e. The van der Waals surface area contributed by atoms with Crippen LogP contribution in [0, 0.1) is 0 Å². The molecule has 0 saturated carbocycles. The number of aromatic nitrogens is 2. The molecule has 112 valence electrons. The van der Waals surface area contributed by atoms with Crippen molar-refractivity contribution in [2.45, 2.75) is 39.5 Å². The Labute approximate surface area is 122 Å². The number of benzene rings is 1. The Bertz CT molecular complexity index is 700. The minimum Gasteiger partial charge on any atom is -0.506 e. The molecule has 0 fully saturated rings. The number of carbonyl (C=O) groups is 1. The number of imidazole rings is 1. The number of nitrogens with zero attached hydrogens (tertiary/aromatic N) is 3. The molecule has 0 unspecified atom stereocenters. The molecule has 21 heavy (non-hydrogen) atoms. The van der Waals surface area contributed by atoms with Gasteiger partial charge in [0.1, 0.15) is 22.7 Å². The summed E-state index contributed by atoms with van der Waals surface area (Å²) in [6.45, 7) is 7.16. The van der Waals surface area contributed by atoms with Crippen LogP contribution in [0.15, 0.2) is 18.2 Å². The van der Waals surface area contributed by atoms with Crippen molar-refractivity contribution in [1.29, 1.82) is 0 Å². The molecule has 1 N–H and O–H groups in total. The average Bonchev–Trinajstić information content (AvgIpc) is 2.76. The van der Waals surface area contributed by atoms with Gasteiger partial charge in [0.2, 0.25) is 0 Å². The van der Waals surface area contributed by atoms with Gasteiger partial charge in [-0.2, -0.15) is 0 Å². The van der Waals surface area contributed by atoms with E-state index in [4.69, 9.17) is 4.74 Å². The van der Waals surface area contributed by atoms with Crippen molar-refractivity contribution in [2.24, 2.45) is 0 Å². The number of phenols is 1. The van der Waals surface area contributed by atoms with Crippen LogP contribution in [-0.4, -0.2) is 37.8 Å². The molecular formula is C15H19N3O3. The Morgan fingerprint density at radius 1 is 1.33 bits per heavy atom. The van der Waals surface area contributed by atoms with Gasteiger partial charge >= 0.3 is 6.09 Å². The first-order valence-electron chi connectivity index (χ1n) is 7.00. The molecular weight excluding hydrogens is 270 g/mol. The highest BCUT2D eigenvalue weighted by Gasteiger charge is 2.27. The van der Waals surface area contributed by atoms with Crippen LogP contribution in [0.25, 0.3) is 11.0 Å². The van der Waals surface area contributed by atoms with E-state index in [0.29, 0.717) is 25.2 Å². The second kappa shape index (κ2) is 4.65. The van der Waals surface area contributed by atoms with E-state index in [-0.39, 0.29) is 11.8 Å². The van der Waals surface area contributed by atoms with E-state index in [1.165, 1.54) is 0 Å². The number of ether oxygens (including phenoxy) is 1. The summed E-state index contributed by atoms with van der Waals surface area (Å²) in [6, 6.07) is 5.34. The van der Waals surface area contributed by atoms with E-state index >= 15 is 0 Å². The van der Waals surface area contributed by atoms with Crippen molar-refractivity contribution in [3.8, 4) is 5.75 Å². The van der Waals surface area contributed by atoms with Gasteiger partial charge in [-0.25, -0.2) is 9.78 Å². The van der Waals surface area contributed by atoms with Crippen LogP contribution in [0.4, 0.5) is 4.79 Å². The second-order valence-corrected chi connectivity index (χ2v) is 6.23. The minimum atomic E-state index is -0.507. The molecule has 1 aliphatic heterocycles. The lowest BCUT2D eigenvalue weighted by atomic mass is 10.2. The summed E-state index contributed by atoms with van der Waals surface area (Å²) >= 11 is 0. The van der Waals surface area contributed by atoms with Crippen LogP contribution in [0.2, 0.25) is 0 Å². The monoisotopic (exact) mass is 289 g/mol. The Morgan fingerprint density at radius 2 is 2.10 bits per heavy atom. The van der Waals surface area contributed by atoms with Crippen molar-refractivity contribution in [1.82, 2.24) is 14.5 Å². The molecule has 6 heteroatoms. The maximum absolute atomic E-state index is 12.1. The van der Waals surface area contributed by atoms with Crippen molar-refractivity contribution >= 4 is 17.1 Å². The highest BCUT2D eigenvalue weighted by atomic mass is 16.6.